The molecule has 1 amide bonds. The Labute approximate surface area is 158 Å². The molecule has 3 nitrogen and oxygen atoms in total. The lowest BCUT2D eigenvalue weighted by Crippen LogP contribution is -2.17. The van der Waals surface area contributed by atoms with Crippen LogP contribution in [0.15, 0.2) is 36.4 Å². The van der Waals surface area contributed by atoms with Gasteiger partial charge in [0, 0.05) is 22.9 Å². The maximum absolute atomic E-state index is 14.1. The topological polar surface area (TPSA) is 42.0 Å². The first-order valence-corrected chi connectivity index (χ1v) is 8.49. The first-order valence-electron chi connectivity index (χ1n) is 7.68. The lowest BCUT2D eigenvalue weighted by Gasteiger charge is -2.13. The van der Waals surface area contributed by atoms with E-state index in [0.29, 0.717) is 23.5 Å². The fourth-order valence-corrected chi connectivity index (χ4v) is 3.34. The average Bonchev–Trinajstić information content (AvgIpc) is 3.01. The molecular weight excluding hydrogens is 406 g/mol. The molecule has 0 saturated carbocycles. The Balaban J connectivity index is 2.02. The minimum Gasteiger partial charge on any atom is -0.321 e. The maximum Gasteiger partial charge on any atom is 0.435 e. The van der Waals surface area contributed by atoms with Crippen molar-refractivity contribution in [2.75, 3.05) is 5.32 Å². The first-order chi connectivity index (χ1) is 13.1. The molecule has 146 valence electrons. The summed E-state index contributed by atoms with van der Waals surface area (Å²) in [4.78, 5) is 15.1. The molecule has 3 rings (SSSR count). The largest absolute Gasteiger partial charge is 0.435 e. The number of rotatable bonds is 3. The molecule has 1 N–H and O–H groups in total. The van der Waals surface area contributed by atoms with Gasteiger partial charge in [-0.2, -0.15) is 13.2 Å². The van der Waals surface area contributed by atoms with E-state index in [4.69, 9.17) is 0 Å². The Morgan fingerprint density at radius 2 is 1.64 bits per heavy atom. The van der Waals surface area contributed by atoms with Gasteiger partial charge in [0.25, 0.3) is 5.91 Å². The molecule has 0 bridgehead atoms. The molecule has 2 aromatic carbocycles. The summed E-state index contributed by atoms with van der Waals surface area (Å²) in [6.45, 7) is 1.32. The number of halogens is 6. The van der Waals surface area contributed by atoms with Gasteiger partial charge in [-0.15, -0.1) is 11.3 Å². The summed E-state index contributed by atoms with van der Waals surface area (Å²) in [6.07, 6.45) is -4.83. The van der Waals surface area contributed by atoms with Gasteiger partial charge < -0.3 is 5.32 Å². The third-order valence-electron chi connectivity index (χ3n) is 3.68. The van der Waals surface area contributed by atoms with Gasteiger partial charge in [-0.3, -0.25) is 4.79 Å². The molecule has 0 aliphatic carbocycles. The summed E-state index contributed by atoms with van der Waals surface area (Å²) in [6, 6.07) is 6.46. The molecule has 0 spiro atoms. The summed E-state index contributed by atoms with van der Waals surface area (Å²) in [5, 5.41) is 2.30. The number of anilines is 1. The molecule has 0 aliphatic rings. The van der Waals surface area contributed by atoms with Crippen LogP contribution in [-0.4, -0.2) is 10.9 Å². The van der Waals surface area contributed by atoms with E-state index in [1.54, 1.807) is 0 Å². The highest BCUT2D eigenvalue weighted by Crippen LogP contribution is 2.36. The van der Waals surface area contributed by atoms with Crippen molar-refractivity contribution in [1.29, 1.82) is 0 Å². The zero-order valence-corrected chi connectivity index (χ0v) is 14.8. The fraction of sp³-hybridized carbons (Fsp3) is 0.111. The zero-order chi connectivity index (χ0) is 20.6. The molecule has 0 radical (unpaired) electrons. The maximum atomic E-state index is 14.1. The second-order valence-corrected chi connectivity index (χ2v) is 6.86. The van der Waals surface area contributed by atoms with Crippen LogP contribution in [0.3, 0.4) is 0 Å². The Kier molecular flexibility index (Phi) is 5.16. The monoisotopic (exact) mass is 416 g/mol. The highest BCUT2D eigenvalue weighted by molar-refractivity contribution is 7.13. The highest BCUT2D eigenvalue weighted by Gasteiger charge is 2.39. The fourth-order valence-electron chi connectivity index (χ4n) is 2.51. The van der Waals surface area contributed by atoms with Crippen LogP contribution in [-0.2, 0) is 6.18 Å². The second-order valence-electron chi connectivity index (χ2n) is 5.65. The summed E-state index contributed by atoms with van der Waals surface area (Å²) in [5.74, 6) is -4.90. The average molecular weight is 416 g/mol. The summed E-state index contributed by atoms with van der Waals surface area (Å²) in [5.41, 5.74) is -1.78. The number of nitrogens with one attached hydrogen (secondary N) is 1. The molecule has 28 heavy (non-hydrogen) atoms. The van der Waals surface area contributed by atoms with Crippen molar-refractivity contribution in [2.24, 2.45) is 0 Å². The Morgan fingerprint density at radius 1 is 1.00 bits per heavy atom. The van der Waals surface area contributed by atoms with E-state index >= 15 is 0 Å². The number of aryl methyl sites for hydroxylation is 1. The Hall–Kier alpha value is -2.88. The number of alkyl halides is 3. The normalized spacial score (nSPS) is 11.5. The zero-order valence-electron chi connectivity index (χ0n) is 14.0. The number of carbonyl (C=O) groups is 1. The van der Waals surface area contributed by atoms with E-state index in [0.717, 1.165) is 0 Å². The number of aromatic nitrogens is 1. The molecule has 3 aromatic rings. The van der Waals surface area contributed by atoms with Crippen molar-refractivity contribution in [3.8, 4) is 11.1 Å². The van der Waals surface area contributed by atoms with E-state index in [9.17, 15) is 31.1 Å². The van der Waals surface area contributed by atoms with Gasteiger partial charge in [0.1, 0.15) is 10.7 Å². The summed E-state index contributed by atoms with van der Waals surface area (Å²) < 4.78 is 80.0. The van der Waals surface area contributed by atoms with Crippen LogP contribution in [0, 0.1) is 24.4 Å². The SMILES string of the molecule is Cc1nc(C(F)(F)F)c(C(=O)Nc2ccccc2-c2cc(F)c(F)cc2F)s1. The van der Waals surface area contributed by atoms with Crippen molar-refractivity contribution in [2.45, 2.75) is 13.1 Å². The molecule has 0 unspecified atom stereocenters. The van der Waals surface area contributed by atoms with Crippen molar-refractivity contribution in [3.63, 3.8) is 0 Å². The van der Waals surface area contributed by atoms with Gasteiger partial charge in [0.15, 0.2) is 17.3 Å². The van der Waals surface area contributed by atoms with Crippen LogP contribution in [0.25, 0.3) is 11.1 Å². The van der Waals surface area contributed by atoms with Crippen LogP contribution in [0.4, 0.5) is 32.0 Å². The molecule has 0 atom stereocenters. The van der Waals surface area contributed by atoms with Gasteiger partial charge in [-0.1, -0.05) is 18.2 Å². The number of benzene rings is 2. The minimum absolute atomic E-state index is 0.0259. The molecule has 1 aromatic heterocycles. The lowest BCUT2D eigenvalue weighted by molar-refractivity contribution is -0.141. The van der Waals surface area contributed by atoms with E-state index < -0.39 is 40.1 Å². The number of thiazole rings is 1. The van der Waals surface area contributed by atoms with Crippen molar-refractivity contribution in [3.05, 3.63) is 69.4 Å². The number of nitrogens with zero attached hydrogens (tertiary/aromatic N) is 1. The minimum atomic E-state index is -4.83. The van der Waals surface area contributed by atoms with Crippen LogP contribution in [0.5, 0.6) is 0 Å². The Morgan fingerprint density at radius 3 is 2.32 bits per heavy atom. The third-order valence-corrected chi connectivity index (χ3v) is 4.65. The molecular formula is C18H10F6N2OS. The predicted molar refractivity (Wildman–Crippen MR) is 91.6 cm³/mol. The van der Waals surface area contributed by atoms with Crippen LogP contribution in [0.1, 0.15) is 20.4 Å². The summed E-state index contributed by atoms with van der Waals surface area (Å²) >= 11 is 0.551. The smallest absolute Gasteiger partial charge is 0.321 e. The van der Waals surface area contributed by atoms with E-state index in [2.05, 4.69) is 10.3 Å². The molecule has 0 saturated heterocycles. The molecule has 1 heterocycles. The quantitative estimate of drug-likeness (QED) is 0.433. The van der Waals surface area contributed by atoms with E-state index in [1.165, 1.54) is 31.2 Å². The molecule has 10 heteroatoms. The second kappa shape index (κ2) is 7.27. The van der Waals surface area contributed by atoms with Gasteiger partial charge in [-0.05, 0) is 19.1 Å². The van der Waals surface area contributed by atoms with Gasteiger partial charge in [0.2, 0.25) is 0 Å². The number of hydrogen-bond donors (Lipinski definition) is 1. The standard InChI is InChI=1S/C18H10F6N2OS/c1-8-25-16(18(22,23)24)15(28-8)17(27)26-14-5-3-2-4-9(14)10-6-12(20)13(21)7-11(10)19/h2-7H,1H3,(H,26,27). The van der Waals surface area contributed by atoms with Crippen LogP contribution >= 0.6 is 11.3 Å². The van der Waals surface area contributed by atoms with Crippen molar-refractivity contribution >= 4 is 22.9 Å². The highest BCUT2D eigenvalue weighted by atomic mass is 32.1. The van der Waals surface area contributed by atoms with Gasteiger partial charge in [-0.25, -0.2) is 18.2 Å². The van der Waals surface area contributed by atoms with Gasteiger partial charge in [0.05, 0.1) is 5.01 Å². The van der Waals surface area contributed by atoms with E-state index in [-0.39, 0.29) is 21.8 Å². The molecule has 0 aliphatic heterocycles. The number of amides is 1. The Bertz CT molecular complexity index is 1060. The third kappa shape index (κ3) is 3.86. The summed E-state index contributed by atoms with van der Waals surface area (Å²) in [7, 11) is 0. The van der Waals surface area contributed by atoms with Crippen molar-refractivity contribution < 1.29 is 31.1 Å². The van der Waals surface area contributed by atoms with Crippen LogP contribution < -0.4 is 5.32 Å². The lowest BCUT2D eigenvalue weighted by atomic mass is 10.0. The van der Waals surface area contributed by atoms with Crippen molar-refractivity contribution in [1.82, 2.24) is 4.98 Å². The van der Waals surface area contributed by atoms with Gasteiger partial charge >= 0.3 is 6.18 Å². The first kappa shape index (κ1) is 19.9. The number of hydrogen-bond acceptors (Lipinski definition) is 3. The van der Waals surface area contributed by atoms with Crippen LogP contribution in [0.2, 0.25) is 0 Å². The predicted octanol–water partition coefficient (Wildman–Crippen LogP) is 5.81. The molecule has 0 fully saturated rings. The van der Waals surface area contributed by atoms with E-state index in [1.807, 2.05) is 0 Å². The number of para-hydroxylation sites is 1. The number of carbonyl (C=O) groups excluding carboxylic acids is 1.